The monoisotopic (exact) mass is 249 g/mol. The normalized spacial score (nSPS) is 10.2. The van der Waals surface area contributed by atoms with Crippen molar-refractivity contribution in [2.45, 2.75) is 33.6 Å². The van der Waals surface area contributed by atoms with Crippen molar-refractivity contribution in [3.8, 4) is 0 Å². The number of carbonyl (C=O) groups is 1. The van der Waals surface area contributed by atoms with Gasteiger partial charge in [0.15, 0.2) is 0 Å². The number of carbonyl (C=O) groups excluding carboxylic acids is 1. The number of rotatable bonds is 7. The molecule has 0 fully saturated rings. The van der Waals surface area contributed by atoms with Crippen LogP contribution in [-0.2, 0) is 9.53 Å². The lowest BCUT2D eigenvalue weighted by Crippen LogP contribution is -2.24. The molecule has 0 N–H and O–H groups in total. The molecule has 0 saturated carbocycles. The summed E-state index contributed by atoms with van der Waals surface area (Å²) in [4.78, 5) is 13.0. The van der Waals surface area contributed by atoms with Crippen LogP contribution in [0, 0.1) is 6.92 Å². The predicted octanol–water partition coefficient (Wildman–Crippen LogP) is 3.16. The largest absolute Gasteiger partial charge is 0.466 e. The molecule has 1 rings (SSSR count). The molecule has 0 saturated heterocycles. The quantitative estimate of drug-likeness (QED) is 0.549. The number of hydrogen-bond acceptors (Lipinski definition) is 3. The second kappa shape index (κ2) is 7.75. The first-order valence-corrected chi connectivity index (χ1v) is 6.58. The van der Waals surface area contributed by atoms with Gasteiger partial charge in [-0.2, -0.15) is 0 Å². The van der Waals surface area contributed by atoms with E-state index in [1.165, 1.54) is 18.2 Å². The lowest BCUT2D eigenvalue weighted by Gasteiger charge is -2.23. The number of unbranched alkanes of at least 4 members (excludes halogenated alkanes) is 1. The van der Waals surface area contributed by atoms with Crippen molar-refractivity contribution < 1.29 is 9.53 Å². The van der Waals surface area contributed by atoms with Crippen molar-refractivity contribution in [3.05, 3.63) is 29.8 Å². The van der Waals surface area contributed by atoms with Gasteiger partial charge in [-0.25, -0.2) is 0 Å². The summed E-state index contributed by atoms with van der Waals surface area (Å²) in [5.41, 5.74) is 2.55. The molecule has 0 aliphatic rings. The van der Waals surface area contributed by atoms with Crippen LogP contribution in [0.3, 0.4) is 0 Å². The van der Waals surface area contributed by atoms with Crippen LogP contribution in [0.15, 0.2) is 24.3 Å². The third-order valence-corrected chi connectivity index (χ3v) is 2.88. The summed E-state index contributed by atoms with van der Waals surface area (Å²) >= 11 is 0. The van der Waals surface area contributed by atoms with Crippen molar-refractivity contribution in [3.63, 3.8) is 0 Å². The van der Waals surface area contributed by atoms with Crippen LogP contribution < -0.4 is 4.90 Å². The summed E-state index contributed by atoms with van der Waals surface area (Å²) in [6, 6.07) is 8.54. The summed E-state index contributed by atoms with van der Waals surface area (Å²) in [5, 5.41) is 0. The molecule has 0 unspecified atom stereocenters. The Bertz CT molecular complexity index is 377. The molecule has 0 amide bonds. The minimum absolute atomic E-state index is 0.193. The fraction of sp³-hybridized carbons (Fsp3) is 0.533. The van der Waals surface area contributed by atoms with Crippen LogP contribution >= 0.6 is 0 Å². The topological polar surface area (TPSA) is 29.5 Å². The number of hydrogen-bond donors (Lipinski definition) is 0. The van der Waals surface area contributed by atoms with E-state index >= 15 is 0 Å². The van der Waals surface area contributed by atoms with Crippen LogP contribution in [0.25, 0.3) is 0 Å². The minimum atomic E-state index is -0.193. The van der Waals surface area contributed by atoms with Gasteiger partial charge in [0.25, 0.3) is 0 Å². The smallest absolute Gasteiger partial charge is 0.302 e. The van der Waals surface area contributed by atoms with Gasteiger partial charge in [-0.3, -0.25) is 4.79 Å². The maximum absolute atomic E-state index is 10.6. The van der Waals surface area contributed by atoms with E-state index in [-0.39, 0.29) is 5.97 Å². The molecule has 0 radical (unpaired) electrons. The van der Waals surface area contributed by atoms with E-state index in [1.807, 2.05) is 0 Å². The summed E-state index contributed by atoms with van der Waals surface area (Å²) < 4.78 is 4.92. The highest BCUT2D eigenvalue weighted by molar-refractivity contribution is 5.65. The van der Waals surface area contributed by atoms with Crippen molar-refractivity contribution in [1.82, 2.24) is 0 Å². The Morgan fingerprint density at radius 2 is 2.11 bits per heavy atom. The third-order valence-electron chi connectivity index (χ3n) is 2.88. The summed E-state index contributed by atoms with van der Waals surface area (Å²) in [6.45, 7) is 8.25. The molecule has 1 aromatic carbocycles. The second-order valence-corrected chi connectivity index (χ2v) is 4.47. The zero-order valence-electron chi connectivity index (χ0n) is 11.6. The average Bonchev–Trinajstić information content (AvgIpc) is 2.33. The molecule has 100 valence electrons. The molecule has 3 heteroatoms. The van der Waals surface area contributed by atoms with Gasteiger partial charge in [-0.1, -0.05) is 12.1 Å². The van der Waals surface area contributed by atoms with Crippen LogP contribution in [-0.4, -0.2) is 25.7 Å². The fourth-order valence-electron chi connectivity index (χ4n) is 1.92. The first-order valence-electron chi connectivity index (χ1n) is 6.58. The van der Waals surface area contributed by atoms with Crippen molar-refractivity contribution in [1.29, 1.82) is 0 Å². The van der Waals surface area contributed by atoms with Gasteiger partial charge in [0.05, 0.1) is 6.61 Å². The number of benzene rings is 1. The molecule has 0 spiro atoms. The number of aryl methyl sites for hydroxylation is 1. The third kappa shape index (κ3) is 5.21. The molecule has 3 nitrogen and oxygen atoms in total. The Labute approximate surface area is 110 Å². The van der Waals surface area contributed by atoms with Crippen molar-refractivity contribution >= 4 is 11.7 Å². The number of ether oxygens (including phenoxy) is 1. The van der Waals surface area contributed by atoms with Gasteiger partial charge in [0.2, 0.25) is 0 Å². The van der Waals surface area contributed by atoms with Gasteiger partial charge >= 0.3 is 5.97 Å². The Balaban J connectivity index is 2.36. The molecule has 1 aromatic rings. The van der Waals surface area contributed by atoms with Crippen LogP contribution in [0.5, 0.6) is 0 Å². The molecular formula is C15H23NO2. The van der Waals surface area contributed by atoms with Gasteiger partial charge in [0.1, 0.15) is 0 Å². The number of esters is 1. The molecule has 0 aromatic heterocycles. The van der Waals surface area contributed by atoms with Crippen LogP contribution in [0.1, 0.15) is 32.3 Å². The molecular weight excluding hydrogens is 226 g/mol. The maximum Gasteiger partial charge on any atom is 0.302 e. The van der Waals surface area contributed by atoms with E-state index in [0.717, 1.165) is 25.9 Å². The fourth-order valence-corrected chi connectivity index (χ4v) is 1.92. The van der Waals surface area contributed by atoms with Crippen molar-refractivity contribution in [2.24, 2.45) is 0 Å². The van der Waals surface area contributed by atoms with Gasteiger partial charge < -0.3 is 9.64 Å². The molecule has 0 bridgehead atoms. The first-order chi connectivity index (χ1) is 8.63. The molecule has 0 heterocycles. The summed E-state index contributed by atoms with van der Waals surface area (Å²) in [5.74, 6) is -0.193. The first kappa shape index (κ1) is 14.6. The second-order valence-electron chi connectivity index (χ2n) is 4.47. The molecule has 18 heavy (non-hydrogen) atoms. The SMILES string of the molecule is CCN(CCCCOC(C)=O)c1cccc(C)c1. The van der Waals surface area contributed by atoms with Crippen LogP contribution in [0.2, 0.25) is 0 Å². The molecule has 0 atom stereocenters. The highest BCUT2D eigenvalue weighted by Gasteiger charge is 2.04. The average molecular weight is 249 g/mol. The van der Waals surface area contributed by atoms with Crippen LogP contribution in [0.4, 0.5) is 5.69 Å². The van der Waals surface area contributed by atoms with E-state index in [4.69, 9.17) is 4.74 Å². The Morgan fingerprint density at radius 3 is 2.72 bits per heavy atom. The highest BCUT2D eigenvalue weighted by atomic mass is 16.5. The lowest BCUT2D eigenvalue weighted by atomic mass is 10.2. The molecule has 0 aliphatic carbocycles. The van der Waals surface area contributed by atoms with Crippen molar-refractivity contribution in [2.75, 3.05) is 24.6 Å². The lowest BCUT2D eigenvalue weighted by molar-refractivity contribution is -0.141. The Kier molecular flexibility index (Phi) is 6.26. The summed E-state index contributed by atoms with van der Waals surface area (Å²) in [6.07, 6.45) is 1.96. The molecule has 0 aliphatic heterocycles. The highest BCUT2D eigenvalue weighted by Crippen LogP contribution is 2.16. The van der Waals surface area contributed by atoms with Gasteiger partial charge in [-0.15, -0.1) is 0 Å². The van der Waals surface area contributed by atoms with E-state index in [1.54, 1.807) is 0 Å². The number of anilines is 1. The Morgan fingerprint density at radius 1 is 1.33 bits per heavy atom. The minimum Gasteiger partial charge on any atom is -0.466 e. The maximum atomic E-state index is 10.6. The zero-order valence-corrected chi connectivity index (χ0v) is 11.6. The van der Waals surface area contributed by atoms with Gasteiger partial charge in [0, 0.05) is 25.7 Å². The van der Waals surface area contributed by atoms with Gasteiger partial charge in [-0.05, 0) is 44.4 Å². The Hall–Kier alpha value is -1.51. The summed E-state index contributed by atoms with van der Waals surface area (Å²) in [7, 11) is 0. The zero-order chi connectivity index (χ0) is 13.4. The standard InChI is InChI=1S/C15H23NO2/c1-4-16(10-5-6-11-18-14(3)17)15-9-7-8-13(2)12-15/h7-9,12H,4-6,10-11H2,1-3H3. The van der Waals surface area contributed by atoms with E-state index in [2.05, 4.69) is 43.0 Å². The van der Waals surface area contributed by atoms with E-state index in [0.29, 0.717) is 6.61 Å². The number of nitrogens with zero attached hydrogens (tertiary/aromatic N) is 1. The van der Waals surface area contributed by atoms with E-state index in [9.17, 15) is 4.79 Å². The predicted molar refractivity (Wildman–Crippen MR) is 74.9 cm³/mol. The van der Waals surface area contributed by atoms with E-state index < -0.39 is 0 Å².